The fourth-order valence-corrected chi connectivity index (χ4v) is 1.81. The van der Waals surface area contributed by atoms with E-state index >= 15 is 0 Å². The first-order chi connectivity index (χ1) is 9.74. The molecule has 5 nitrogen and oxygen atoms in total. The second kappa shape index (κ2) is 6.86. The molecule has 3 N–H and O–H groups in total. The number of rotatable bonds is 6. The van der Waals surface area contributed by atoms with E-state index in [-0.39, 0.29) is 17.1 Å². The van der Waals surface area contributed by atoms with Gasteiger partial charge in [0, 0.05) is 18.1 Å². The van der Waals surface area contributed by atoms with Gasteiger partial charge in [0.2, 0.25) is 0 Å². The third kappa shape index (κ3) is 4.15. The van der Waals surface area contributed by atoms with Crippen LogP contribution in [0.2, 0.25) is 0 Å². The van der Waals surface area contributed by atoms with Crippen LogP contribution in [-0.4, -0.2) is 38.7 Å². The molecule has 0 aliphatic heterocycles. The minimum absolute atomic E-state index is 0.148. The fraction of sp³-hybridized carbons (Fsp3) is 0.538. The summed E-state index contributed by atoms with van der Waals surface area (Å²) in [7, 11) is 4.12. The summed E-state index contributed by atoms with van der Waals surface area (Å²) in [4.78, 5) is 0. The zero-order valence-electron chi connectivity index (χ0n) is 11.9. The number of hydrogen-bond donors (Lipinski definition) is 2. The predicted octanol–water partition coefficient (Wildman–Crippen LogP) is 2.03. The molecule has 1 aromatic carbocycles. The Balaban J connectivity index is 3.10. The Kier molecular flexibility index (Phi) is 5.68. The lowest BCUT2D eigenvalue weighted by Crippen LogP contribution is -2.38. The summed E-state index contributed by atoms with van der Waals surface area (Å²) in [6.07, 6.45) is -6.71. The van der Waals surface area contributed by atoms with Crippen molar-refractivity contribution < 1.29 is 32.5 Å². The van der Waals surface area contributed by atoms with E-state index in [4.69, 9.17) is 19.9 Å². The molecule has 1 rings (SSSR count). The molecule has 0 heterocycles. The van der Waals surface area contributed by atoms with Crippen molar-refractivity contribution in [1.29, 1.82) is 0 Å². The Bertz CT molecular complexity index is 479. The largest absolute Gasteiger partial charge is 0.496 e. The van der Waals surface area contributed by atoms with Gasteiger partial charge in [-0.15, -0.1) is 0 Å². The molecule has 0 bridgehead atoms. The summed E-state index contributed by atoms with van der Waals surface area (Å²) in [6, 6.07) is 0.660. The molecule has 0 aliphatic carbocycles. The number of aliphatic hydroxyl groups excluding tert-OH is 1. The van der Waals surface area contributed by atoms with E-state index in [9.17, 15) is 18.3 Å². The van der Waals surface area contributed by atoms with Gasteiger partial charge in [0.25, 0.3) is 0 Å². The highest BCUT2D eigenvalue weighted by molar-refractivity contribution is 5.51. The van der Waals surface area contributed by atoms with E-state index in [0.717, 1.165) is 0 Å². The Morgan fingerprint density at radius 2 is 1.52 bits per heavy atom. The molecule has 21 heavy (non-hydrogen) atoms. The standard InChI is InChI=1S/C13H18F3NO4/c1-19-9-6-11(21-3)10(20-2)4-7(9)8(18)5-12(17)13(14,15)16/h4,6,8,12,18H,5,17H2,1-3H3/t8-,12+/m1/s1. The van der Waals surface area contributed by atoms with Gasteiger partial charge in [-0.1, -0.05) is 0 Å². The van der Waals surface area contributed by atoms with Gasteiger partial charge in [-0.2, -0.15) is 13.2 Å². The molecule has 1 aromatic rings. The maximum Gasteiger partial charge on any atom is 0.403 e. The Hall–Kier alpha value is -1.67. The van der Waals surface area contributed by atoms with Gasteiger partial charge in [-0.25, -0.2) is 0 Å². The molecule has 0 spiro atoms. The predicted molar refractivity (Wildman–Crippen MR) is 69.7 cm³/mol. The maximum absolute atomic E-state index is 12.5. The summed E-state index contributed by atoms with van der Waals surface area (Å²) < 4.78 is 52.5. The van der Waals surface area contributed by atoms with Gasteiger partial charge in [0.05, 0.1) is 27.4 Å². The number of aliphatic hydroxyl groups is 1. The van der Waals surface area contributed by atoms with E-state index in [1.165, 1.54) is 33.5 Å². The molecule has 2 atom stereocenters. The summed E-state index contributed by atoms with van der Waals surface area (Å²) in [5.41, 5.74) is 5.17. The van der Waals surface area contributed by atoms with Crippen molar-refractivity contribution in [3.63, 3.8) is 0 Å². The molecule has 0 radical (unpaired) electrons. The topological polar surface area (TPSA) is 73.9 Å². The normalized spacial score (nSPS) is 14.5. The molecule has 8 heteroatoms. The third-order valence-electron chi connectivity index (χ3n) is 2.99. The van der Waals surface area contributed by atoms with Crippen molar-refractivity contribution in [1.82, 2.24) is 0 Å². The number of hydrogen-bond acceptors (Lipinski definition) is 5. The SMILES string of the molecule is COc1cc(OC)c([C@H](O)C[C@H](N)C(F)(F)F)cc1OC. The highest BCUT2D eigenvalue weighted by atomic mass is 19.4. The van der Waals surface area contributed by atoms with Crippen molar-refractivity contribution in [2.75, 3.05) is 21.3 Å². The Morgan fingerprint density at radius 3 is 1.95 bits per heavy atom. The minimum atomic E-state index is -4.58. The van der Waals surface area contributed by atoms with Crippen LogP contribution in [0.5, 0.6) is 17.2 Å². The van der Waals surface area contributed by atoms with Crippen LogP contribution >= 0.6 is 0 Å². The molecule has 0 fully saturated rings. The van der Waals surface area contributed by atoms with Crippen LogP contribution in [0.1, 0.15) is 18.1 Å². The number of methoxy groups -OCH3 is 3. The summed E-state index contributed by atoms with van der Waals surface area (Å²) in [5.74, 6) is 0.799. The average molecular weight is 309 g/mol. The number of alkyl halides is 3. The van der Waals surface area contributed by atoms with Gasteiger partial charge in [-0.3, -0.25) is 0 Å². The van der Waals surface area contributed by atoms with Crippen LogP contribution in [0.25, 0.3) is 0 Å². The van der Waals surface area contributed by atoms with E-state index in [2.05, 4.69) is 0 Å². The highest BCUT2D eigenvalue weighted by Crippen LogP contribution is 2.39. The van der Waals surface area contributed by atoms with E-state index in [1.807, 2.05) is 0 Å². The number of nitrogens with two attached hydrogens (primary N) is 1. The quantitative estimate of drug-likeness (QED) is 0.841. The molecule has 0 aromatic heterocycles. The maximum atomic E-state index is 12.5. The van der Waals surface area contributed by atoms with Crippen LogP contribution in [0.15, 0.2) is 12.1 Å². The Labute approximate surface area is 120 Å². The number of ether oxygens (including phenoxy) is 3. The zero-order valence-corrected chi connectivity index (χ0v) is 11.9. The van der Waals surface area contributed by atoms with Crippen molar-refractivity contribution in [2.45, 2.75) is 24.7 Å². The lowest BCUT2D eigenvalue weighted by Gasteiger charge is -2.21. The number of benzene rings is 1. The van der Waals surface area contributed by atoms with Crippen LogP contribution in [0.4, 0.5) is 13.2 Å². The van der Waals surface area contributed by atoms with Gasteiger partial charge in [0.1, 0.15) is 11.8 Å². The van der Waals surface area contributed by atoms with Gasteiger partial charge in [0.15, 0.2) is 11.5 Å². The first-order valence-corrected chi connectivity index (χ1v) is 6.04. The summed E-state index contributed by atoms with van der Waals surface area (Å²) in [6.45, 7) is 0. The molecule has 0 saturated heterocycles. The lowest BCUT2D eigenvalue weighted by molar-refractivity contribution is -0.153. The van der Waals surface area contributed by atoms with Crippen LogP contribution in [-0.2, 0) is 0 Å². The Morgan fingerprint density at radius 1 is 1.05 bits per heavy atom. The van der Waals surface area contributed by atoms with Crippen molar-refractivity contribution in [3.05, 3.63) is 17.7 Å². The van der Waals surface area contributed by atoms with Crippen LogP contribution < -0.4 is 19.9 Å². The van der Waals surface area contributed by atoms with Crippen LogP contribution in [0, 0.1) is 0 Å². The zero-order chi connectivity index (χ0) is 16.2. The molecule has 0 amide bonds. The molecule has 0 unspecified atom stereocenters. The monoisotopic (exact) mass is 309 g/mol. The van der Waals surface area contributed by atoms with Crippen molar-refractivity contribution in [3.8, 4) is 17.2 Å². The average Bonchev–Trinajstić information content (AvgIpc) is 2.44. The molecular weight excluding hydrogens is 291 g/mol. The molecule has 120 valence electrons. The first-order valence-electron chi connectivity index (χ1n) is 6.04. The fourth-order valence-electron chi connectivity index (χ4n) is 1.81. The van der Waals surface area contributed by atoms with Gasteiger partial charge >= 0.3 is 6.18 Å². The molecule has 0 saturated carbocycles. The first kappa shape index (κ1) is 17.4. The second-order valence-corrected chi connectivity index (χ2v) is 4.35. The molecule has 0 aliphatic rings. The lowest BCUT2D eigenvalue weighted by atomic mass is 10.0. The second-order valence-electron chi connectivity index (χ2n) is 4.35. The summed E-state index contributed by atoms with van der Waals surface area (Å²) in [5, 5.41) is 9.99. The van der Waals surface area contributed by atoms with Gasteiger partial charge < -0.3 is 25.1 Å². The van der Waals surface area contributed by atoms with E-state index in [0.29, 0.717) is 5.75 Å². The molecular formula is C13H18F3NO4. The van der Waals surface area contributed by atoms with Crippen molar-refractivity contribution in [2.24, 2.45) is 5.73 Å². The minimum Gasteiger partial charge on any atom is -0.496 e. The smallest absolute Gasteiger partial charge is 0.403 e. The van der Waals surface area contributed by atoms with E-state index in [1.54, 1.807) is 0 Å². The summed E-state index contributed by atoms with van der Waals surface area (Å²) >= 11 is 0. The van der Waals surface area contributed by atoms with Gasteiger partial charge in [-0.05, 0) is 6.07 Å². The number of halogens is 3. The van der Waals surface area contributed by atoms with E-state index < -0.39 is 24.7 Å². The van der Waals surface area contributed by atoms with Crippen LogP contribution in [0.3, 0.4) is 0 Å². The van der Waals surface area contributed by atoms with Crippen molar-refractivity contribution >= 4 is 0 Å². The third-order valence-corrected chi connectivity index (χ3v) is 2.99. The highest BCUT2D eigenvalue weighted by Gasteiger charge is 2.38.